The predicted octanol–water partition coefficient (Wildman–Crippen LogP) is 2.28. The Kier molecular flexibility index (Phi) is 6.78. The highest BCUT2D eigenvalue weighted by Crippen LogP contribution is 2.20. The molecule has 0 saturated heterocycles. The minimum absolute atomic E-state index is 0.257. The van der Waals surface area contributed by atoms with Gasteiger partial charge in [0, 0.05) is 19.6 Å². The molecule has 0 aliphatic rings. The van der Waals surface area contributed by atoms with Crippen LogP contribution in [-0.4, -0.2) is 39.0 Å². The molecule has 24 heavy (non-hydrogen) atoms. The van der Waals surface area contributed by atoms with Gasteiger partial charge in [-0.15, -0.1) is 0 Å². The van der Waals surface area contributed by atoms with E-state index in [-0.39, 0.29) is 11.4 Å². The van der Waals surface area contributed by atoms with E-state index in [1.807, 2.05) is 37.3 Å². The highest BCUT2D eigenvalue weighted by molar-refractivity contribution is 7.89. The molecule has 2 aromatic carbocycles. The molecule has 0 aromatic heterocycles. The summed E-state index contributed by atoms with van der Waals surface area (Å²) in [5.74, 6) is 0.658. The van der Waals surface area contributed by atoms with Gasteiger partial charge in [-0.2, -0.15) is 4.31 Å². The first kappa shape index (κ1) is 18.4. The van der Waals surface area contributed by atoms with E-state index in [1.165, 1.54) is 4.31 Å². The quantitative estimate of drug-likeness (QED) is 0.754. The molecular formula is C18H24N2O3S. The second-order valence-corrected chi connectivity index (χ2v) is 7.27. The zero-order valence-electron chi connectivity index (χ0n) is 13.9. The molecule has 2 aromatic rings. The summed E-state index contributed by atoms with van der Waals surface area (Å²) in [6, 6.07) is 16.3. The maximum absolute atomic E-state index is 12.8. The SMILES string of the molecule is CCOc1ccc(S(=O)(=O)N(CCN)CCc2ccccc2)cc1. The molecule has 6 heteroatoms. The number of rotatable bonds is 9. The van der Waals surface area contributed by atoms with Gasteiger partial charge in [0.15, 0.2) is 0 Å². The van der Waals surface area contributed by atoms with E-state index in [0.29, 0.717) is 31.9 Å². The average Bonchev–Trinajstić information content (AvgIpc) is 2.60. The Hall–Kier alpha value is -1.89. The minimum atomic E-state index is -3.57. The van der Waals surface area contributed by atoms with E-state index in [4.69, 9.17) is 10.5 Å². The lowest BCUT2D eigenvalue weighted by atomic mass is 10.1. The van der Waals surface area contributed by atoms with Gasteiger partial charge in [0.25, 0.3) is 0 Å². The zero-order valence-corrected chi connectivity index (χ0v) is 14.7. The van der Waals surface area contributed by atoms with Crippen molar-refractivity contribution in [2.75, 3.05) is 26.2 Å². The van der Waals surface area contributed by atoms with Crippen molar-refractivity contribution >= 4 is 10.0 Å². The molecule has 2 N–H and O–H groups in total. The molecule has 0 unspecified atom stereocenters. The van der Waals surface area contributed by atoms with Crippen LogP contribution in [0, 0.1) is 0 Å². The molecule has 0 radical (unpaired) electrons. The summed E-state index contributed by atoms with van der Waals surface area (Å²) in [4.78, 5) is 0.257. The van der Waals surface area contributed by atoms with E-state index in [0.717, 1.165) is 5.56 Å². The van der Waals surface area contributed by atoms with Crippen molar-refractivity contribution in [2.45, 2.75) is 18.2 Å². The number of hydrogen-bond donors (Lipinski definition) is 1. The Balaban J connectivity index is 2.14. The van der Waals surface area contributed by atoms with Crippen molar-refractivity contribution in [3.05, 3.63) is 60.2 Å². The Labute approximate surface area is 144 Å². The molecule has 130 valence electrons. The summed E-state index contributed by atoms with van der Waals surface area (Å²) in [6.45, 7) is 3.41. The smallest absolute Gasteiger partial charge is 0.243 e. The van der Waals surface area contributed by atoms with Crippen LogP contribution in [0.2, 0.25) is 0 Å². The van der Waals surface area contributed by atoms with Gasteiger partial charge in [0.2, 0.25) is 10.0 Å². The summed E-state index contributed by atoms with van der Waals surface area (Å²) in [5, 5.41) is 0. The fourth-order valence-corrected chi connectivity index (χ4v) is 3.87. The van der Waals surface area contributed by atoms with Gasteiger partial charge in [-0.3, -0.25) is 0 Å². The number of nitrogens with zero attached hydrogens (tertiary/aromatic N) is 1. The summed E-state index contributed by atoms with van der Waals surface area (Å²) >= 11 is 0. The first-order valence-corrected chi connectivity index (χ1v) is 9.49. The number of hydrogen-bond acceptors (Lipinski definition) is 4. The number of benzene rings is 2. The molecular weight excluding hydrogens is 324 g/mol. The Morgan fingerprint density at radius 2 is 1.67 bits per heavy atom. The Morgan fingerprint density at radius 1 is 1.00 bits per heavy atom. The largest absolute Gasteiger partial charge is 0.494 e. The van der Waals surface area contributed by atoms with Crippen LogP contribution in [-0.2, 0) is 16.4 Å². The van der Waals surface area contributed by atoms with Gasteiger partial charge in [0.1, 0.15) is 5.75 Å². The van der Waals surface area contributed by atoms with Gasteiger partial charge in [-0.25, -0.2) is 8.42 Å². The van der Waals surface area contributed by atoms with E-state index in [1.54, 1.807) is 24.3 Å². The van der Waals surface area contributed by atoms with Crippen molar-refractivity contribution < 1.29 is 13.2 Å². The Morgan fingerprint density at radius 3 is 2.25 bits per heavy atom. The van der Waals surface area contributed by atoms with E-state index < -0.39 is 10.0 Å². The van der Waals surface area contributed by atoms with Gasteiger partial charge in [-0.05, 0) is 43.2 Å². The Bertz CT molecular complexity index is 716. The first-order chi connectivity index (χ1) is 11.6. The summed E-state index contributed by atoms with van der Waals surface area (Å²) in [6.07, 6.45) is 0.650. The first-order valence-electron chi connectivity index (χ1n) is 8.05. The third-order valence-corrected chi connectivity index (χ3v) is 5.56. The maximum atomic E-state index is 12.8. The maximum Gasteiger partial charge on any atom is 0.243 e. The number of ether oxygens (including phenoxy) is 1. The van der Waals surface area contributed by atoms with E-state index in [2.05, 4.69) is 0 Å². The summed E-state index contributed by atoms with van der Waals surface area (Å²) in [7, 11) is -3.57. The minimum Gasteiger partial charge on any atom is -0.494 e. The predicted molar refractivity (Wildman–Crippen MR) is 95.6 cm³/mol. The van der Waals surface area contributed by atoms with E-state index >= 15 is 0 Å². The monoisotopic (exact) mass is 348 g/mol. The van der Waals surface area contributed by atoms with Crippen molar-refractivity contribution in [3.8, 4) is 5.75 Å². The van der Waals surface area contributed by atoms with Gasteiger partial charge < -0.3 is 10.5 Å². The molecule has 0 heterocycles. The van der Waals surface area contributed by atoms with Gasteiger partial charge >= 0.3 is 0 Å². The summed E-state index contributed by atoms with van der Waals surface area (Å²) < 4.78 is 32.5. The summed E-state index contributed by atoms with van der Waals surface area (Å²) in [5.41, 5.74) is 6.71. The van der Waals surface area contributed by atoms with Crippen LogP contribution in [0.5, 0.6) is 5.75 Å². The lowest BCUT2D eigenvalue weighted by Gasteiger charge is -2.21. The molecule has 0 aliphatic carbocycles. The fourth-order valence-electron chi connectivity index (χ4n) is 2.42. The molecule has 0 aliphatic heterocycles. The standard InChI is InChI=1S/C18H24N2O3S/c1-2-23-17-8-10-18(11-9-17)24(21,22)20(15-13-19)14-12-16-6-4-3-5-7-16/h3-11H,2,12-15,19H2,1H3. The van der Waals surface area contributed by atoms with Crippen LogP contribution in [0.3, 0.4) is 0 Å². The van der Waals surface area contributed by atoms with Crippen LogP contribution in [0.4, 0.5) is 0 Å². The topological polar surface area (TPSA) is 72.6 Å². The van der Waals surface area contributed by atoms with Crippen LogP contribution in [0.25, 0.3) is 0 Å². The second-order valence-electron chi connectivity index (χ2n) is 5.33. The van der Waals surface area contributed by atoms with Crippen molar-refractivity contribution in [3.63, 3.8) is 0 Å². The average molecular weight is 348 g/mol. The van der Waals surface area contributed by atoms with Gasteiger partial charge in [-0.1, -0.05) is 30.3 Å². The van der Waals surface area contributed by atoms with Crippen LogP contribution in [0.1, 0.15) is 12.5 Å². The fraction of sp³-hybridized carbons (Fsp3) is 0.333. The second kappa shape index (κ2) is 8.82. The number of nitrogens with two attached hydrogens (primary N) is 1. The third-order valence-electron chi connectivity index (χ3n) is 3.64. The molecule has 0 bridgehead atoms. The van der Waals surface area contributed by atoms with Crippen molar-refractivity contribution in [1.29, 1.82) is 0 Å². The zero-order chi connectivity index (χ0) is 17.4. The molecule has 5 nitrogen and oxygen atoms in total. The highest BCUT2D eigenvalue weighted by atomic mass is 32.2. The lowest BCUT2D eigenvalue weighted by Crippen LogP contribution is -2.36. The normalized spacial score (nSPS) is 11.6. The molecule has 0 atom stereocenters. The van der Waals surface area contributed by atoms with E-state index in [9.17, 15) is 8.42 Å². The molecule has 0 amide bonds. The van der Waals surface area contributed by atoms with Crippen LogP contribution >= 0.6 is 0 Å². The van der Waals surface area contributed by atoms with Gasteiger partial charge in [0.05, 0.1) is 11.5 Å². The third kappa shape index (κ3) is 4.80. The van der Waals surface area contributed by atoms with Crippen LogP contribution < -0.4 is 10.5 Å². The lowest BCUT2D eigenvalue weighted by molar-refractivity contribution is 0.340. The molecule has 2 rings (SSSR count). The molecule has 0 spiro atoms. The molecule has 0 saturated carbocycles. The molecule has 0 fully saturated rings. The number of sulfonamides is 1. The van der Waals surface area contributed by atoms with Crippen LogP contribution in [0.15, 0.2) is 59.5 Å². The van der Waals surface area contributed by atoms with Crippen molar-refractivity contribution in [1.82, 2.24) is 4.31 Å². The van der Waals surface area contributed by atoms with Crippen molar-refractivity contribution in [2.24, 2.45) is 5.73 Å². The highest BCUT2D eigenvalue weighted by Gasteiger charge is 2.23.